The second-order valence-electron chi connectivity index (χ2n) is 3.60. The van der Waals surface area contributed by atoms with Crippen molar-refractivity contribution in [1.82, 2.24) is 9.97 Å². The van der Waals surface area contributed by atoms with Crippen LogP contribution in [0.4, 0.5) is 0 Å². The first-order valence-electron chi connectivity index (χ1n) is 5.01. The molecule has 0 fully saturated rings. The maximum Gasteiger partial charge on any atom is 0.222 e. The van der Waals surface area contributed by atoms with Crippen LogP contribution in [0.3, 0.4) is 0 Å². The topological polar surface area (TPSA) is 25.8 Å². The van der Waals surface area contributed by atoms with E-state index < -0.39 is 0 Å². The standard InChI is InChI=1S/C12H5BrCl2N2S/c13-7-5-16-12(15)17-10(7)9-4-6-2-1-3-8(14)11(6)18-9/h1-5H. The summed E-state index contributed by atoms with van der Waals surface area (Å²) in [5, 5.41) is 2.08. The molecule has 0 spiro atoms. The first kappa shape index (κ1) is 12.4. The van der Waals surface area contributed by atoms with E-state index in [1.165, 1.54) is 0 Å². The van der Waals surface area contributed by atoms with Gasteiger partial charge in [0.1, 0.15) is 0 Å². The largest absolute Gasteiger partial charge is 0.225 e. The summed E-state index contributed by atoms with van der Waals surface area (Å²) < 4.78 is 1.87. The molecule has 2 heterocycles. The summed E-state index contributed by atoms with van der Waals surface area (Å²) in [6, 6.07) is 7.89. The molecule has 90 valence electrons. The Kier molecular flexibility index (Phi) is 3.28. The van der Waals surface area contributed by atoms with E-state index in [-0.39, 0.29) is 5.28 Å². The van der Waals surface area contributed by atoms with Gasteiger partial charge in [-0.3, -0.25) is 0 Å². The molecule has 0 bridgehead atoms. The van der Waals surface area contributed by atoms with Crippen molar-refractivity contribution >= 4 is 60.6 Å². The lowest BCUT2D eigenvalue weighted by Crippen LogP contribution is -1.86. The number of halogens is 3. The van der Waals surface area contributed by atoms with Gasteiger partial charge in [0.05, 0.1) is 24.8 Å². The zero-order chi connectivity index (χ0) is 12.7. The van der Waals surface area contributed by atoms with E-state index in [0.717, 1.165) is 30.2 Å². The van der Waals surface area contributed by atoms with Gasteiger partial charge >= 0.3 is 0 Å². The molecule has 6 heteroatoms. The Morgan fingerprint density at radius 1 is 1.22 bits per heavy atom. The first-order chi connectivity index (χ1) is 8.65. The first-order valence-corrected chi connectivity index (χ1v) is 7.38. The van der Waals surface area contributed by atoms with Crippen molar-refractivity contribution in [2.75, 3.05) is 0 Å². The molecule has 0 radical (unpaired) electrons. The van der Waals surface area contributed by atoms with E-state index in [9.17, 15) is 0 Å². The molecule has 3 aromatic rings. The van der Waals surface area contributed by atoms with Gasteiger partial charge in [-0.2, -0.15) is 0 Å². The fourth-order valence-electron chi connectivity index (χ4n) is 1.66. The highest BCUT2D eigenvalue weighted by atomic mass is 79.9. The lowest BCUT2D eigenvalue weighted by atomic mass is 10.2. The third-order valence-corrected chi connectivity index (χ3v) is 4.82. The molecule has 0 atom stereocenters. The molecule has 0 N–H and O–H groups in total. The molecule has 0 aliphatic carbocycles. The van der Waals surface area contributed by atoms with E-state index in [0.29, 0.717) is 0 Å². The van der Waals surface area contributed by atoms with Crippen LogP contribution in [0.1, 0.15) is 0 Å². The fraction of sp³-hybridized carbons (Fsp3) is 0. The van der Waals surface area contributed by atoms with Crippen molar-refractivity contribution in [2.45, 2.75) is 0 Å². The molecule has 0 aliphatic heterocycles. The number of thiophene rings is 1. The predicted octanol–water partition coefficient (Wildman–Crippen LogP) is 5.43. The van der Waals surface area contributed by atoms with Gasteiger partial charge in [0, 0.05) is 6.20 Å². The SMILES string of the molecule is Clc1ncc(Br)c(-c2cc3cccc(Cl)c3s2)n1. The summed E-state index contributed by atoms with van der Waals surface area (Å²) in [6.07, 6.45) is 1.65. The third kappa shape index (κ3) is 2.14. The van der Waals surface area contributed by atoms with Crippen molar-refractivity contribution in [3.63, 3.8) is 0 Å². The van der Waals surface area contributed by atoms with E-state index in [4.69, 9.17) is 23.2 Å². The Morgan fingerprint density at radius 2 is 2.06 bits per heavy atom. The van der Waals surface area contributed by atoms with Gasteiger partial charge in [-0.15, -0.1) is 11.3 Å². The fourth-order valence-corrected chi connectivity index (χ4v) is 3.70. The zero-order valence-corrected chi connectivity index (χ0v) is 12.7. The molecule has 0 aliphatic rings. The van der Waals surface area contributed by atoms with Crippen molar-refractivity contribution in [2.24, 2.45) is 0 Å². The van der Waals surface area contributed by atoms with Gasteiger partial charge in [0.25, 0.3) is 0 Å². The average molecular weight is 360 g/mol. The molecule has 2 aromatic heterocycles. The van der Waals surface area contributed by atoms with Gasteiger partial charge < -0.3 is 0 Å². The summed E-state index contributed by atoms with van der Waals surface area (Å²) in [4.78, 5) is 9.17. The smallest absolute Gasteiger partial charge is 0.222 e. The number of aromatic nitrogens is 2. The van der Waals surface area contributed by atoms with E-state index in [1.807, 2.05) is 18.2 Å². The van der Waals surface area contributed by atoms with Crippen LogP contribution < -0.4 is 0 Å². The normalized spacial score (nSPS) is 11.1. The van der Waals surface area contributed by atoms with Crippen molar-refractivity contribution in [3.8, 4) is 10.6 Å². The highest BCUT2D eigenvalue weighted by molar-refractivity contribution is 9.10. The van der Waals surface area contributed by atoms with Crippen LogP contribution in [0.5, 0.6) is 0 Å². The molecular formula is C12H5BrCl2N2S. The minimum atomic E-state index is 0.233. The maximum atomic E-state index is 6.17. The number of hydrogen-bond acceptors (Lipinski definition) is 3. The van der Waals surface area contributed by atoms with Crippen molar-refractivity contribution in [3.05, 3.63) is 45.2 Å². The average Bonchev–Trinajstić information content (AvgIpc) is 2.77. The number of benzene rings is 1. The minimum Gasteiger partial charge on any atom is -0.225 e. The summed E-state index contributed by atoms with van der Waals surface area (Å²) in [5.41, 5.74) is 0.785. The van der Waals surface area contributed by atoms with E-state index >= 15 is 0 Å². The Morgan fingerprint density at radius 3 is 2.83 bits per heavy atom. The quantitative estimate of drug-likeness (QED) is 0.541. The highest BCUT2D eigenvalue weighted by Crippen LogP contribution is 2.38. The van der Waals surface area contributed by atoms with Gasteiger partial charge in [0.2, 0.25) is 5.28 Å². The number of fused-ring (bicyclic) bond motifs is 1. The molecule has 3 rings (SSSR count). The van der Waals surface area contributed by atoms with Gasteiger partial charge in [-0.25, -0.2) is 9.97 Å². The molecule has 18 heavy (non-hydrogen) atoms. The van der Waals surface area contributed by atoms with Crippen molar-refractivity contribution in [1.29, 1.82) is 0 Å². The molecule has 1 aromatic carbocycles. The summed E-state index contributed by atoms with van der Waals surface area (Å²) in [7, 11) is 0. The minimum absolute atomic E-state index is 0.233. The monoisotopic (exact) mass is 358 g/mol. The Bertz CT molecular complexity index is 742. The molecule has 0 saturated heterocycles. The number of rotatable bonds is 1. The van der Waals surface area contributed by atoms with Crippen LogP contribution in [-0.4, -0.2) is 9.97 Å². The second-order valence-corrected chi connectivity index (χ2v) is 6.26. The van der Waals surface area contributed by atoms with Crippen LogP contribution in [0, 0.1) is 0 Å². The highest BCUT2D eigenvalue weighted by Gasteiger charge is 2.11. The third-order valence-electron chi connectivity index (χ3n) is 2.44. The molecule has 2 nitrogen and oxygen atoms in total. The maximum absolute atomic E-state index is 6.17. The van der Waals surface area contributed by atoms with Crippen LogP contribution in [0.2, 0.25) is 10.3 Å². The van der Waals surface area contributed by atoms with Gasteiger partial charge in [0.15, 0.2) is 0 Å². The lowest BCUT2D eigenvalue weighted by molar-refractivity contribution is 1.16. The number of nitrogens with zero attached hydrogens (tertiary/aromatic N) is 2. The van der Waals surface area contributed by atoms with Crippen LogP contribution in [-0.2, 0) is 0 Å². The zero-order valence-electron chi connectivity index (χ0n) is 8.82. The van der Waals surface area contributed by atoms with Crippen LogP contribution in [0.25, 0.3) is 20.7 Å². The van der Waals surface area contributed by atoms with E-state index in [2.05, 4.69) is 32.0 Å². The van der Waals surface area contributed by atoms with Crippen LogP contribution in [0.15, 0.2) is 34.9 Å². The lowest BCUT2D eigenvalue weighted by Gasteiger charge is -1.99. The van der Waals surface area contributed by atoms with Gasteiger partial charge in [-0.1, -0.05) is 23.7 Å². The molecule has 0 amide bonds. The molecule has 0 saturated carbocycles. The molecular weight excluding hydrogens is 355 g/mol. The Labute approximate surface area is 126 Å². The Balaban J connectivity index is 2.26. The van der Waals surface area contributed by atoms with Crippen LogP contribution >= 0.6 is 50.5 Å². The molecule has 0 unspecified atom stereocenters. The summed E-state index contributed by atoms with van der Waals surface area (Å²) in [6.45, 7) is 0. The summed E-state index contributed by atoms with van der Waals surface area (Å²) in [5.74, 6) is 0. The number of hydrogen-bond donors (Lipinski definition) is 0. The van der Waals surface area contributed by atoms with Crippen molar-refractivity contribution < 1.29 is 0 Å². The second kappa shape index (κ2) is 4.78. The predicted molar refractivity (Wildman–Crippen MR) is 80.6 cm³/mol. The van der Waals surface area contributed by atoms with E-state index in [1.54, 1.807) is 17.5 Å². The van der Waals surface area contributed by atoms with Gasteiger partial charge in [-0.05, 0) is 45.0 Å². The summed E-state index contributed by atoms with van der Waals surface area (Å²) >= 11 is 17.0. The Hall–Kier alpha value is -0.680.